The van der Waals surface area contributed by atoms with Gasteiger partial charge in [-0.2, -0.15) is 0 Å². The van der Waals surface area contributed by atoms with Crippen molar-refractivity contribution in [2.75, 3.05) is 0 Å². The standard InChI is InChI=1S/C12H10BrNO4/c1-7-11(12(15)16)3-10(18-7)6-17-9-2-8(13)4-14-5-9/h2-5H,6H2,1H3,(H,15,16). The van der Waals surface area contributed by atoms with E-state index in [0.717, 1.165) is 4.47 Å². The van der Waals surface area contributed by atoms with E-state index in [2.05, 4.69) is 20.9 Å². The molecule has 0 saturated heterocycles. The Morgan fingerprint density at radius 3 is 2.89 bits per heavy atom. The molecule has 0 fully saturated rings. The predicted molar refractivity (Wildman–Crippen MR) is 66.7 cm³/mol. The van der Waals surface area contributed by atoms with E-state index >= 15 is 0 Å². The second-order valence-corrected chi connectivity index (χ2v) is 4.53. The summed E-state index contributed by atoms with van der Waals surface area (Å²) < 4.78 is 11.5. The van der Waals surface area contributed by atoms with Crippen molar-refractivity contribution in [2.24, 2.45) is 0 Å². The highest BCUT2D eigenvalue weighted by Crippen LogP contribution is 2.19. The molecule has 5 nitrogen and oxygen atoms in total. The highest BCUT2D eigenvalue weighted by atomic mass is 79.9. The van der Waals surface area contributed by atoms with Gasteiger partial charge in [0.2, 0.25) is 0 Å². The van der Waals surface area contributed by atoms with Crippen LogP contribution in [0.3, 0.4) is 0 Å². The fourth-order valence-electron chi connectivity index (χ4n) is 1.45. The quantitative estimate of drug-likeness (QED) is 0.939. The molecule has 0 unspecified atom stereocenters. The van der Waals surface area contributed by atoms with Gasteiger partial charge in [-0.15, -0.1) is 0 Å². The molecule has 0 atom stereocenters. The number of carbonyl (C=O) groups is 1. The Morgan fingerprint density at radius 2 is 2.28 bits per heavy atom. The van der Waals surface area contributed by atoms with Crippen LogP contribution in [0, 0.1) is 6.92 Å². The minimum atomic E-state index is -1.01. The number of nitrogens with zero attached hydrogens (tertiary/aromatic N) is 1. The van der Waals surface area contributed by atoms with Crippen molar-refractivity contribution in [3.63, 3.8) is 0 Å². The number of aryl methyl sites for hydroxylation is 1. The minimum Gasteiger partial charge on any atom is -0.484 e. The summed E-state index contributed by atoms with van der Waals surface area (Å²) in [5.74, 6) is 0.403. The molecule has 0 spiro atoms. The van der Waals surface area contributed by atoms with E-state index in [4.69, 9.17) is 14.3 Å². The highest BCUT2D eigenvalue weighted by molar-refractivity contribution is 9.10. The van der Waals surface area contributed by atoms with Crippen molar-refractivity contribution in [3.8, 4) is 5.75 Å². The lowest BCUT2D eigenvalue weighted by Gasteiger charge is -2.03. The number of carboxylic acids is 1. The first-order valence-electron chi connectivity index (χ1n) is 5.12. The van der Waals surface area contributed by atoms with E-state index in [1.54, 1.807) is 25.4 Å². The molecule has 94 valence electrons. The Balaban J connectivity index is 2.06. The lowest BCUT2D eigenvalue weighted by atomic mass is 10.2. The van der Waals surface area contributed by atoms with Gasteiger partial charge in [-0.25, -0.2) is 4.79 Å². The van der Waals surface area contributed by atoms with Gasteiger partial charge in [-0.3, -0.25) is 4.98 Å². The Labute approximate surface area is 112 Å². The number of pyridine rings is 1. The average molecular weight is 312 g/mol. The molecule has 0 aromatic carbocycles. The fourth-order valence-corrected chi connectivity index (χ4v) is 1.80. The van der Waals surface area contributed by atoms with Crippen molar-refractivity contribution in [2.45, 2.75) is 13.5 Å². The number of aromatic carboxylic acids is 1. The Hall–Kier alpha value is -1.82. The summed E-state index contributed by atoms with van der Waals surface area (Å²) in [4.78, 5) is 14.8. The maximum Gasteiger partial charge on any atom is 0.339 e. The number of ether oxygens (including phenoxy) is 1. The molecule has 2 heterocycles. The summed E-state index contributed by atoms with van der Waals surface area (Å²) in [7, 11) is 0. The number of halogens is 1. The van der Waals surface area contributed by atoms with Crippen LogP contribution in [0.1, 0.15) is 21.9 Å². The molecule has 1 N–H and O–H groups in total. The van der Waals surface area contributed by atoms with E-state index in [1.807, 2.05) is 0 Å². The van der Waals surface area contributed by atoms with Gasteiger partial charge in [0.05, 0.1) is 6.20 Å². The van der Waals surface area contributed by atoms with Crippen LogP contribution in [-0.4, -0.2) is 16.1 Å². The maximum atomic E-state index is 10.8. The number of rotatable bonds is 4. The summed E-state index contributed by atoms with van der Waals surface area (Å²) in [5, 5.41) is 8.88. The zero-order valence-corrected chi connectivity index (χ0v) is 11.1. The van der Waals surface area contributed by atoms with Gasteiger partial charge in [-0.05, 0) is 35.0 Å². The Bertz CT molecular complexity index is 579. The molecule has 0 amide bonds. The van der Waals surface area contributed by atoms with Crippen LogP contribution in [0.25, 0.3) is 0 Å². The maximum absolute atomic E-state index is 10.8. The van der Waals surface area contributed by atoms with Crippen LogP contribution in [0.5, 0.6) is 5.75 Å². The van der Waals surface area contributed by atoms with E-state index in [-0.39, 0.29) is 12.2 Å². The number of aromatic nitrogens is 1. The molecule has 0 aliphatic rings. The van der Waals surface area contributed by atoms with Gasteiger partial charge in [0, 0.05) is 10.7 Å². The summed E-state index contributed by atoms with van der Waals surface area (Å²) in [6.45, 7) is 1.76. The van der Waals surface area contributed by atoms with E-state index in [9.17, 15) is 4.79 Å². The number of carboxylic acid groups (broad SMARTS) is 1. The molecule has 0 saturated carbocycles. The van der Waals surface area contributed by atoms with Crippen LogP contribution in [0.4, 0.5) is 0 Å². The third kappa shape index (κ3) is 2.89. The van der Waals surface area contributed by atoms with E-state index in [1.165, 1.54) is 6.07 Å². The molecule has 2 rings (SSSR count). The summed E-state index contributed by atoms with van der Waals surface area (Å²) in [6.07, 6.45) is 3.21. The SMILES string of the molecule is Cc1oc(COc2cncc(Br)c2)cc1C(=O)O. The zero-order chi connectivity index (χ0) is 13.1. The van der Waals surface area contributed by atoms with Crippen molar-refractivity contribution in [3.05, 3.63) is 46.1 Å². The third-order valence-corrected chi connectivity index (χ3v) is 2.69. The molecular weight excluding hydrogens is 302 g/mol. The van der Waals surface area contributed by atoms with Gasteiger partial charge < -0.3 is 14.3 Å². The van der Waals surface area contributed by atoms with Gasteiger partial charge >= 0.3 is 5.97 Å². The average Bonchev–Trinajstić information content (AvgIpc) is 2.68. The Morgan fingerprint density at radius 1 is 1.50 bits per heavy atom. The van der Waals surface area contributed by atoms with Crippen molar-refractivity contribution >= 4 is 21.9 Å². The number of hydrogen-bond acceptors (Lipinski definition) is 4. The molecule has 6 heteroatoms. The first kappa shape index (κ1) is 12.6. The van der Waals surface area contributed by atoms with E-state index < -0.39 is 5.97 Å². The summed E-state index contributed by atoms with van der Waals surface area (Å²) in [6, 6.07) is 3.23. The Kier molecular flexibility index (Phi) is 3.66. The molecule has 0 aliphatic carbocycles. The first-order chi connectivity index (χ1) is 8.56. The molecule has 0 bridgehead atoms. The number of furan rings is 1. The van der Waals surface area contributed by atoms with Gasteiger partial charge in [0.15, 0.2) is 0 Å². The molecular formula is C12H10BrNO4. The van der Waals surface area contributed by atoms with E-state index in [0.29, 0.717) is 17.3 Å². The van der Waals surface area contributed by atoms with Crippen LogP contribution >= 0.6 is 15.9 Å². The largest absolute Gasteiger partial charge is 0.484 e. The van der Waals surface area contributed by atoms with Gasteiger partial charge in [-0.1, -0.05) is 0 Å². The van der Waals surface area contributed by atoms with Crippen LogP contribution in [0.15, 0.2) is 33.4 Å². The number of hydrogen-bond donors (Lipinski definition) is 1. The van der Waals surface area contributed by atoms with Crippen LogP contribution in [-0.2, 0) is 6.61 Å². The first-order valence-corrected chi connectivity index (χ1v) is 5.91. The topological polar surface area (TPSA) is 72.6 Å². The normalized spacial score (nSPS) is 10.3. The molecule has 0 radical (unpaired) electrons. The lowest BCUT2D eigenvalue weighted by Crippen LogP contribution is -1.96. The minimum absolute atomic E-state index is 0.154. The predicted octanol–water partition coefficient (Wildman–Crippen LogP) is 3.02. The second kappa shape index (κ2) is 5.22. The van der Waals surface area contributed by atoms with Gasteiger partial charge in [0.1, 0.15) is 29.4 Å². The van der Waals surface area contributed by atoms with Crippen LogP contribution in [0.2, 0.25) is 0 Å². The summed E-state index contributed by atoms with van der Waals surface area (Å²) >= 11 is 3.28. The van der Waals surface area contributed by atoms with Crippen molar-refractivity contribution in [1.82, 2.24) is 4.98 Å². The molecule has 2 aromatic heterocycles. The smallest absolute Gasteiger partial charge is 0.339 e. The third-order valence-electron chi connectivity index (χ3n) is 2.26. The second-order valence-electron chi connectivity index (χ2n) is 3.62. The summed E-state index contributed by atoms with van der Waals surface area (Å²) in [5.41, 5.74) is 0.154. The zero-order valence-electron chi connectivity index (χ0n) is 9.51. The van der Waals surface area contributed by atoms with Crippen molar-refractivity contribution in [1.29, 1.82) is 0 Å². The fraction of sp³-hybridized carbons (Fsp3) is 0.167. The lowest BCUT2D eigenvalue weighted by molar-refractivity contribution is 0.0695. The van der Waals surface area contributed by atoms with Crippen molar-refractivity contribution < 1.29 is 19.1 Å². The van der Waals surface area contributed by atoms with Gasteiger partial charge in [0.25, 0.3) is 0 Å². The molecule has 0 aliphatic heterocycles. The molecule has 2 aromatic rings. The van der Waals surface area contributed by atoms with Crippen LogP contribution < -0.4 is 4.74 Å². The monoisotopic (exact) mass is 311 g/mol. The molecule has 18 heavy (non-hydrogen) atoms. The highest BCUT2D eigenvalue weighted by Gasteiger charge is 2.13.